The van der Waals surface area contributed by atoms with Crippen LogP contribution in [-0.2, 0) is 4.79 Å². The SMILES string of the molecule is Cc1cc(C)cc(N2CCC(N3CCCC(CCC(=O)N4CCCC4)C3)CC2)c1. The number of amides is 1. The summed E-state index contributed by atoms with van der Waals surface area (Å²) in [7, 11) is 0. The first-order valence-electron chi connectivity index (χ1n) is 11.9. The van der Waals surface area contributed by atoms with Crippen molar-refractivity contribution in [1.29, 1.82) is 0 Å². The van der Waals surface area contributed by atoms with Crippen molar-refractivity contribution >= 4 is 11.6 Å². The van der Waals surface area contributed by atoms with Gasteiger partial charge in [-0.25, -0.2) is 0 Å². The van der Waals surface area contributed by atoms with Crippen LogP contribution in [-0.4, -0.2) is 61.0 Å². The summed E-state index contributed by atoms with van der Waals surface area (Å²) in [4.78, 5) is 19.8. The summed E-state index contributed by atoms with van der Waals surface area (Å²) in [5, 5.41) is 0. The highest BCUT2D eigenvalue weighted by Crippen LogP contribution is 2.29. The quantitative estimate of drug-likeness (QED) is 0.737. The second kappa shape index (κ2) is 9.51. The molecule has 0 saturated carbocycles. The summed E-state index contributed by atoms with van der Waals surface area (Å²) in [5.41, 5.74) is 4.13. The molecule has 3 saturated heterocycles. The van der Waals surface area contributed by atoms with Crippen LogP contribution in [0.2, 0.25) is 0 Å². The number of benzene rings is 1. The minimum atomic E-state index is 0.404. The van der Waals surface area contributed by atoms with Crippen molar-refractivity contribution in [3.63, 3.8) is 0 Å². The summed E-state index contributed by atoms with van der Waals surface area (Å²) >= 11 is 0. The topological polar surface area (TPSA) is 26.8 Å². The van der Waals surface area contributed by atoms with Gasteiger partial charge in [-0.15, -0.1) is 0 Å². The predicted octanol–water partition coefficient (Wildman–Crippen LogP) is 4.39. The van der Waals surface area contributed by atoms with Gasteiger partial charge in [0.05, 0.1) is 0 Å². The van der Waals surface area contributed by atoms with Gasteiger partial charge in [0.1, 0.15) is 0 Å². The molecule has 3 heterocycles. The summed E-state index contributed by atoms with van der Waals surface area (Å²) in [6.45, 7) is 11.2. The first kappa shape index (κ1) is 20.7. The molecule has 29 heavy (non-hydrogen) atoms. The summed E-state index contributed by atoms with van der Waals surface area (Å²) < 4.78 is 0. The molecule has 3 aliphatic heterocycles. The molecule has 4 rings (SSSR count). The van der Waals surface area contributed by atoms with Gasteiger partial charge in [0, 0.05) is 50.9 Å². The van der Waals surface area contributed by atoms with Crippen molar-refractivity contribution in [1.82, 2.24) is 9.80 Å². The molecule has 1 aromatic rings. The van der Waals surface area contributed by atoms with E-state index in [4.69, 9.17) is 0 Å². The zero-order chi connectivity index (χ0) is 20.2. The Hall–Kier alpha value is -1.55. The zero-order valence-electron chi connectivity index (χ0n) is 18.5. The summed E-state index contributed by atoms with van der Waals surface area (Å²) in [6.07, 6.45) is 9.41. The Morgan fingerprint density at radius 3 is 2.28 bits per heavy atom. The minimum Gasteiger partial charge on any atom is -0.371 e. The van der Waals surface area contributed by atoms with E-state index >= 15 is 0 Å². The van der Waals surface area contributed by atoms with E-state index in [1.165, 1.54) is 81.5 Å². The highest BCUT2D eigenvalue weighted by atomic mass is 16.2. The lowest BCUT2D eigenvalue weighted by Gasteiger charge is -2.43. The highest BCUT2D eigenvalue weighted by Gasteiger charge is 2.29. The fourth-order valence-electron chi connectivity index (χ4n) is 5.74. The Kier molecular flexibility index (Phi) is 6.79. The fourth-order valence-corrected chi connectivity index (χ4v) is 5.74. The van der Waals surface area contributed by atoms with Crippen molar-refractivity contribution in [3.8, 4) is 0 Å². The Morgan fingerprint density at radius 1 is 0.897 bits per heavy atom. The standard InChI is InChI=1S/C25H39N3O/c1-20-16-21(2)18-24(17-20)26-14-9-23(10-15-26)28-13-5-6-22(19-28)7-8-25(29)27-11-3-4-12-27/h16-18,22-23H,3-15,19H2,1-2H3. The molecule has 160 valence electrons. The maximum absolute atomic E-state index is 12.4. The number of hydrogen-bond donors (Lipinski definition) is 0. The molecule has 3 fully saturated rings. The number of carbonyl (C=O) groups is 1. The van der Waals surface area contributed by atoms with Crippen LogP contribution in [0, 0.1) is 19.8 Å². The number of hydrogen-bond acceptors (Lipinski definition) is 3. The Balaban J connectivity index is 1.24. The van der Waals surface area contributed by atoms with Crippen molar-refractivity contribution in [3.05, 3.63) is 29.3 Å². The monoisotopic (exact) mass is 397 g/mol. The van der Waals surface area contributed by atoms with Crippen LogP contribution in [0.1, 0.15) is 62.5 Å². The van der Waals surface area contributed by atoms with Crippen LogP contribution in [0.3, 0.4) is 0 Å². The second-order valence-corrected chi connectivity index (χ2v) is 9.69. The van der Waals surface area contributed by atoms with Crippen LogP contribution in [0.5, 0.6) is 0 Å². The minimum absolute atomic E-state index is 0.404. The van der Waals surface area contributed by atoms with Crippen LogP contribution in [0.15, 0.2) is 18.2 Å². The Labute approximate surface area is 177 Å². The maximum atomic E-state index is 12.4. The molecule has 4 nitrogen and oxygen atoms in total. The lowest BCUT2D eigenvalue weighted by atomic mass is 9.90. The molecule has 0 aromatic heterocycles. The number of anilines is 1. The number of nitrogens with zero attached hydrogens (tertiary/aromatic N) is 3. The third-order valence-corrected chi connectivity index (χ3v) is 7.33. The predicted molar refractivity (Wildman–Crippen MR) is 120 cm³/mol. The Morgan fingerprint density at radius 2 is 1.59 bits per heavy atom. The first-order valence-corrected chi connectivity index (χ1v) is 11.9. The number of piperidine rings is 2. The van der Waals surface area contributed by atoms with Crippen molar-refractivity contribution < 1.29 is 4.79 Å². The van der Waals surface area contributed by atoms with E-state index in [9.17, 15) is 4.79 Å². The molecule has 1 unspecified atom stereocenters. The van der Waals surface area contributed by atoms with Crippen LogP contribution >= 0.6 is 0 Å². The van der Waals surface area contributed by atoms with E-state index in [1.54, 1.807) is 0 Å². The molecular weight excluding hydrogens is 358 g/mol. The molecular formula is C25H39N3O. The molecule has 0 spiro atoms. The molecule has 0 bridgehead atoms. The van der Waals surface area contributed by atoms with E-state index in [2.05, 4.69) is 46.7 Å². The van der Waals surface area contributed by atoms with Crippen molar-refractivity contribution in [2.45, 2.75) is 71.3 Å². The number of rotatable bonds is 5. The molecule has 1 amide bonds. The molecule has 3 aliphatic rings. The van der Waals surface area contributed by atoms with Crippen LogP contribution in [0.4, 0.5) is 5.69 Å². The smallest absolute Gasteiger partial charge is 0.222 e. The van der Waals surface area contributed by atoms with E-state index in [-0.39, 0.29) is 0 Å². The molecule has 0 aliphatic carbocycles. The normalized spacial score (nSPS) is 24.3. The van der Waals surface area contributed by atoms with Gasteiger partial charge < -0.3 is 9.80 Å². The van der Waals surface area contributed by atoms with E-state index in [0.29, 0.717) is 11.8 Å². The van der Waals surface area contributed by atoms with Crippen molar-refractivity contribution in [2.24, 2.45) is 5.92 Å². The lowest BCUT2D eigenvalue weighted by Crippen LogP contribution is -2.48. The van der Waals surface area contributed by atoms with Gasteiger partial charge >= 0.3 is 0 Å². The molecule has 1 atom stereocenters. The molecule has 0 N–H and O–H groups in total. The summed E-state index contributed by atoms with van der Waals surface area (Å²) in [6, 6.07) is 7.66. The van der Waals surface area contributed by atoms with E-state index in [1.807, 2.05) is 0 Å². The number of carbonyl (C=O) groups excluding carboxylic acids is 1. The van der Waals surface area contributed by atoms with Crippen LogP contribution < -0.4 is 4.90 Å². The lowest BCUT2D eigenvalue weighted by molar-refractivity contribution is -0.130. The third kappa shape index (κ3) is 5.33. The summed E-state index contributed by atoms with van der Waals surface area (Å²) in [5.74, 6) is 1.12. The fraction of sp³-hybridized carbons (Fsp3) is 0.720. The van der Waals surface area contributed by atoms with Crippen LogP contribution in [0.25, 0.3) is 0 Å². The van der Waals surface area contributed by atoms with Gasteiger partial charge in [-0.1, -0.05) is 6.07 Å². The largest absolute Gasteiger partial charge is 0.371 e. The van der Waals surface area contributed by atoms with Gasteiger partial charge in [-0.3, -0.25) is 9.69 Å². The number of likely N-dealkylation sites (tertiary alicyclic amines) is 2. The van der Waals surface area contributed by atoms with Gasteiger partial charge in [0.2, 0.25) is 5.91 Å². The van der Waals surface area contributed by atoms with Gasteiger partial charge in [-0.05, 0) is 94.5 Å². The Bertz CT molecular complexity index is 669. The maximum Gasteiger partial charge on any atom is 0.222 e. The molecule has 0 radical (unpaired) electrons. The highest BCUT2D eigenvalue weighted by molar-refractivity contribution is 5.76. The van der Waals surface area contributed by atoms with E-state index < -0.39 is 0 Å². The second-order valence-electron chi connectivity index (χ2n) is 9.69. The van der Waals surface area contributed by atoms with Gasteiger partial charge in [0.15, 0.2) is 0 Å². The number of aryl methyl sites for hydroxylation is 2. The van der Waals surface area contributed by atoms with E-state index in [0.717, 1.165) is 32.0 Å². The zero-order valence-corrected chi connectivity index (χ0v) is 18.5. The molecule has 4 heteroatoms. The molecule has 1 aromatic carbocycles. The third-order valence-electron chi connectivity index (χ3n) is 7.33. The van der Waals surface area contributed by atoms with Gasteiger partial charge in [-0.2, -0.15) is 0 Å². The van der Waals surface area contributed by atoms with Crippen molar-refractivity contribution in [2.75, 3.05) is 44.2 Å². The first-order chi connectivity index (χ1) is 14.1. The van der Waals surface area contributed by atoms with Gasteiger partial charge in [0.25, 0.3) is 0 Å². The average molecular weight is 398 g/mol. The average Bonchev–Trinajstić information content (AvgIpc) is 3.27.